The first-order valence-electron chi connectivity index (χ1n) is 14.2. The molecule has 0 aliphatic carbocycles. The fourth-order valence-corrected chi connectivity index (χ4v) is 4.56. The fourth-order valence-electron chi connectivity index (χ4n) is 4.56. The molecular formula is C30H42N8O3. The van der Waals surface area contributed by atoms with Gasteiger partial charge in [0.05, 0.1) is 0 Å². The van der Waals surface area contributed by atoms with Gasteiger partial charge < -0.3 is 26.0 Å². The number of amides is 1. The van der Waals surface area contributed by atoms with E-state index in [2.05, 4.69) is 54.9 Å². The van der Waals surface area contributed by atoms with Crippen LogP contribution in [0.5, 0.6) is 0 Å². The Morgan fingerprint density at radius 3 is 2.49 bits per heavy atom. The molecule has 0 radical (unpaired) electrons. The van der Waals surface area contributed by atoms with Crippen LogP contribution in [0, 0.1) is 6.92 Å². The summed E-state index contributed by atoms with van der Waals surface area (Å²) in [7, 11) is 1.89. The van der Waals surface area contributed by atoms with Gasteiger partial charge in [0.2, 0.25) is 5.91 Å². The number of aliphatic carboxylic acids is 1. The summed E-state index contributed by atoms with van der Waals surface area (Å²) in [6, 6.07) is 8.76. The number of aromatic nitrogens is 4. The maximum atomic E-state index is 12.2. The van der Waals surface area contributed by atoms with Crippen molar-refractivity contribution in [2.45, 2.75) is 58.9 Å². The zero-order chi connectivity index (χ0) is 29.6. The Kier molecular flexibility index (Phi) is 12.4. The van der Waals surface area contributed by atoms with Gasteiger partial charge in [-0.15, -0.1) is 0 Å². The number of pyridine rings is 2. The van der Waals surface area contributed by atoms with Gasteiger partial charge >= 0.3 is 5.97 Å². The van der Waals surface area contributed by atoms with Crippen LogP contribution >= 0.6 is 0 Å². The second-order valence-corrected chi connectivity index (χ2v) is 9.97. The summed E-state index contributed by atoms with van der Waals surface area (Å²) in [5.74, 6) is 0.873. The third-order valence-corrected chi connectivity index (χ3v) is 6.76. The van der Waals surface area contributed by atoms with Crippen LogP contribution in [0.2, 0.25) is 0 Å². The zero-order valence-electron chi connectivity index (χ0n) is 24.5. The van der Waals surface area contributed by atoms with Crippen LogP contribution < -0.4 is 16.0 Å². The van der Waals surface area contributed by atoms with Gasteiger partial charge in [-0.2, -0.15) is 0 Å². The van der Waals surface area contributed by atoms with Crippen LogP contribution in [0.4, 0.5) is 11.6 Å². The van der Waals surface area contributed by atoms with Crippen molar-refractivity contribution in [1.29, 1.82) is 0 Å². The quantitative estimate of drug-likeness (QED) is 0.180. The molecule has 3 aromatic rings. The molecule has 3 heterocycles. The molecule has 1 amide bonds. The number of aryl methyl sites for hydroxylation is 3. The van der Waals surface area contributed by atoms with E-state index in [0.29, 0.717) is 37.7 Å². The maximum absolute atomic E-state index is 12.2. The lowest BCUT2D eigenvalue weighted by molar-refractivity contribution is -0.138. The number of carbonyl (C=O) groups excluding carboxylic acids is 1. The molecule has 0 aliphatic heterocycles. The van der Waals surface area contributed by atoms with Crippen molar-refractivity contribution in [3.05, 3.63) is 59.7 Å². The average molecular weight is 563 g/mol. The molecule has 3 rings (SSSR count). The SMILES string of the molecule is CCc1ccc(CCCCN(CCNC(C)=O)CCC(Nc2cc(C)nc(-c3ccncc3)n2)C(=O)O)nc1NC. The van der Waals surface area contributed by atoms with E-state index in [1.54, 1.807) is 18.5 Å². The number of carboxylic acid groups (broad SMARTS) is 1. The third-order valence-electron chi connectivity index (χ3n) is 6.76. The predicted octanol–water partition coefficient (Wildman–Crippen LogP) is 3.56. The molecule has 0 fully saturated rings. The molecule has 0 bridgehead atoms. The number of rotatable bonds is 17. The number of hydrogen-bond acceptors (Lipinski definition) is 9. The highest BCUT2D eigenvalue weighted by Crippen LogP contribution is 2.18. The van der Waals surface area contributed by atoms with Gasteiger partial charge in [0.15, 0.2) is 5.82 Å². The molecule has 1 unspecified atom stereocenters. The van der Waals surface area contributed by atoms with Crippen molar-refractivity contribution in [2.75, 3.05) is 43.9 Å². The topological polar surface area (TPSA) is 145 Å². The van der Waals surface area contributed by atoms with E-state index < -0.39 is 12.0 Å². The Morgan fingerprint density at radius 2 is 1.80 bits per heavy atom. The summed E-state index contributed by atoms with van der Waals surface area (Å²) >= 11 is 0. The standard InChI is InChI=1S/C30H42N8O3/c1-5-23-9-10-25(35-28(23)31-4)8-6-7-17-38(19-16-33-22(3)39)18-13-26(30(40)41)36-27-20-21(2)34-29(37-27)24-11-14-32-15-12-24/h9-12,14-15,20,26H,5-8,13,16-19H2,1-4H3,(H,31,35)(H,33,39)(H,40,41)(H,34,36,37). The third kappa shape index (κ3) is 10.4. The predicted molar refractivity (Wildman–Crippen MR) is 161 cm³/mol. The van der Waals surface area contributed by atoms with E-state index in [9.17, 15) is 14.7 Å². The van der Waals surface area contributed by atoms with Crippen molar-refractivity contribution in [3.8, 4) is 11.4 Å². The van der Waals surface area contributed by atoms with E-state index >= 15 is 0 Å². The molecule has 41 heavy (non-hydrogen) atoms. The molecule has 1 atom stereocenters. The number of hydrogen-bond donors (Lipinski definition) is 4. The highest BCUT2D eigenvalue weighted by Gasteiger charge is 2.20. The second-order valence-electron chi connectivity index (χ2n) is 9.97. The molecule has 3 aromatic heterocycles. The molecule has 0 saturated carbocycles. The Balaban J connectivity index is 1.60. The van der Waals surface area contributed by atoms with Gasteiger partial charge in [-0.25, -0.2) is 19.7 Å². The zero-order valence-corrected chi connectivity index (χ0v) is 24.5. The Labute approximate surface area is 242 Å². The van der Waals surface area contributed by atoms with E-state index in [4.69, 9.17) is 4.98 Å². The van der Waals surface area contributed by atoms with E-state index in [1.807, 2.05) is 26.1 Å². The molecule has 11 nitrogen and oxygen atoms in total. The number of unbranched alkanes of at least 4 members (excludes halogenated alkanes) is 1. The van der Waals surface area contributed by atoms with Crippen LogP contribution in [-0.4, -0.2) is 81.1 Å². The van der Waals surface area contributed by atoms with Crippen LogP contribution in [-0.2, 0) is 22.4 Å². The number of nitrogens with one attached hydrogen (secondary N) is 3. The summed E-state index contributed by atoms with van der Waals surface area (Å²) in [5, 5.41) is 19.1. The lowest BCUT2D eigenvalue weighted by atomic mass is 10.1. The summed E-state index contributed by atoms with van der Waals surface area (Å²) < 4.78 is 0. The minimum absolute atomic E-state index is 0.0823. The van der Waals surface area contributed by atoms with E-state index in [1.165, 1.54) is 12.5 Å². The van der Waals surface area contributed by atoms with Gasteiger partial charge in [0.25, 0.3) is 0 Å². The molecule has 11 heteroatoms. The van der Waals surface area contributed by atoms with Gasteiger partial charge in [0.1, 0.15) is 17.7 Å². The van der Waals surface area contributed by atoms with Crippen LogP contribution in [0.15, 0.2) is 42.7 Å². The maximum Gasteiger partial charge on any atom is 0.326 e. The first kappa shape index (κ1) is 31.4. The lowest BCUT2D eigenvalue weighted by Crippen LogP contribution is -2.39. The van der Waals surface area contributed by atoms with Crippen molar-refractivity contribution >= 4 is 23.5 Å². The van der Waals surface area contributed by atoms with Gasteiger partial charge in [0, 0.05) is 69.0 Å². The fraction of sp³-hybridized carbons (Fsp3) is 0.467. The molecule has 220 valence electrons. The molecule has 0 aromatic carbocycles. The smallest absolute Gasteiger partial charge is 0.326 e. The highest BCUT2D eigenvalue weighted by atomic mass is 16.4. The number of nitrogens with zero attached hydrogens (tertiary/aromatic N) is 5. The van der Waals surface area contributed by atoms with Crippen molar-refractivity contribution in [3.63, 3.8) is 0 Å². The van der Waals surface area contributed by atoms with E-state index in [0.717, 1.165) is 55.0 Å². The minimum Gasteiger partial charge on any atom is -0.480 e. The monoisotopic (exact) mass is 562 g/mol. The summed E-state index contributed by atoms with van der Waals surface area (Å²) in [5.41, 5.74) is 3.79. The Hall–Kier alpha value is -4.12. The summed E-state index contributed by atoms with van der Waals surface area (Å²) in [4.78, 5) is 43.6. The van der Waals surface area contributed by atoms with Gasteiger partial charge in [-0.1, -0.05) is 13.0 Å². The van der Waals surface area contributed by atoms with Crippen molar-refractivity contribution < 1.29 is 14.7 Å². The van der Waals surface area contributed by atoms with Crippen LogP contribution in [0.1, 0.15) is 50.1 Å². The van der Waals surface area contributed by atoms with Gasteiger partial charge in [-0.05, 0) is 69.3 Å². The molecule has 4 N–H and O–H groups in total. The first-order chi connectivity index (χ1) is 19.8. The average Bonchev–Trinajstić information content (AvgIpc) is 2.96. The number of carboxylic acids is 1. The summed E-state index contributed by atoms with van der Waals surface area (Å²) in [6.45, 7) is 7.95. The molecule has 0 saturated heterocycles. The second kappa shape index (κ2) is 16.2. The normalized spacial score (nSPS) is 11.7. The van der Waals surface area contributed by atoms with E-state index in [-0.39, 0.29) is 5.91 Å². The molecule has 0 aliphatic rings. The summed E-state index contributed by atoms with van der Waals surface area (Å²) in [6.07, 6.45) is 7.39. The minimum atomic E-state index is -0.949. The first-order valence-corrected chi connectivity index (χ1v) is 14.2. The lowest BCUT2D eigenvalue weighted by Gasteiger charge is -2.25. The van der Waals surface area contributed by atoms with Crippen LogP contribution in [0.3, 0.4) is 0 Å². The molecular weight excluding hydrogens is 520 g/mol. The van der Waals surface area contributed by atoms with Gasteiger partial charge in [-0.3, -0.25) is 9.78 Å². The number of carbonyl (C=O) groups is 2. The van der Waals surface area contributed by atoms with Crippen molar-refractivity contribution in [1.82, 2.24) is 30.2 Å². The Bertz CT molecular complexity index is 1270. The molecule has 0 spiro atoms. The van der Waals surface area contributed by atoms with Crippen LogP contribution in [0.25, 0.3) is 11.4 Å². The largest absolute Gasteiger partial charge is 0.480 e. The Morgan fingerprint density at radius 1 is 1.02 bits per heavy atom. The number of anilines is 2. The highest BCUT2D eigenvalue weighted by molar-refractivity contribution is 5.77. The van der Waals surface area contributed by atoms with Crippen molar-refractivity contribution in [2.24, 2.45) is 0 Å².